The Bertz CT molecular complexity index is 244. The molecule has 0 aromatic heterocycles. The van der Waals surface area contributed by atoms with Gasteiger partial charge in [-0.25, -0.2) is 0 Å². The van der Waals surface area contributed by atoms with E-state index in [0.29, 0.717) is 13.0 Å². The summed E-state index contributed by atoms with van der Waals surface area (Å²) in [6.07, 6.45) is 0.474. The zero-order valence-electron chi connectivity index (χ0n) is 8.79. The molecule has 1 aliphatic rings. The first-order chi connectivity index (χ1) is 6.65. The molecule has 1 N–H and O–H groups in total. The normalized spacial score (nSPS) is 22.1. The number of nitrogens with zero attached hydrogens (tertiary/aromatic N) is 2. The van der Waals surface area contributed by atoms with Gasteiger partial charge in [0.25, 0.3) is 0 Å². The summed E-state index contributed by atoms with van der Waals surface area (Å²) in [5.74, 6) is 0.241. The van der Waals surface area contributed by atoms with E-state index in [-0.39, 0.29) is 17.9 Å². The molecule has 1 saturated heterocycles. The highest BCUT2D eigenvalue weighted by atomic mass is 16.2. The molecule has 0 aliphatic carbocycles. The van der Waals surface area contributed by atoms with Crippen LogP contribution >= 0.6 is 0 Å². The van der Waals surface area contributed by atoms with E-state index in [2.05, 4.69) is 11.4 Å². The van der Waals surface area contributed by atoms with E-state index in [1.54, 1.807) is 0 Å². The van der Waals surface area contributed by atoms with Crippen LogP contribution in [-0.2, 0) is 4.79 Å². The molecule has 1 atom stereocenters. The van der Waals surface area contributed by atoms with Crippen LogP contribution in [0.1, 0.15) is 20.3 Å². The van der Waals surface area contributed by atoms with Gasteiger partial charge in [0.15, 0.2) is 0 Å². The zero-order chi connectivity index (χ0) is 10.6. The predicted octanol–water partition coefficient (Wildman–Crippen LogP) is 0.356. The van der Waals surface area contributed by atoms with E-state index in [1.807, 2.05) is 18.7 Å². The standard InChI is InChI=1S/C10H17N3O/c1-8(2)10(14)13-6-5-12-9(7-13)3-4-11/h8-9,12H,3,5-7H2,1-2H3/t9-/m0/s1. The molecule has 1 aliphatic heterocycles. The summed E-state index contributed by atoms with van der Waals surface area (Å²) in [5.41, 5.74) is 0. The van der Waals surface area contributed by atoms with Crippen LogP contribution in [-0.4, -0.2) is 36.5 Å². The maximum Gasteiger partial charge on any atom is 0.225 e. The van der Waals surface area contributed by atoms with Crippen LogP contribution in [0, 0.1) is 17.2 Å². The molecule has 78 valence electrons. The molecule has 4 nitrogen and oxygen atoms in total. The fourth-order valence-corrected chi connectivity index (χ4v) is 1.64. The highest BCUT2D eigenvalue weighted by Crippen LogP contribution is 2.07. The van der Waals surface area contributed by atoms with Crippen molar-refractivity contribution in [2.45, 2.75) is 26.3 Å². The van der Waals surface area contributed by atoms with Crippen molar-refractivity contribution in [3.05, 3.63) is 0 Å². The minimum atomic E-state index is 0.0517. The van der Waals surface area contributed by atoms with Gasteiger partial charge in [0.2, 0.25) is 5.91 Å². The molecular weight excluding hydrogens is 178 g/mol. The van der Waals surface area contributed by atoms with Crippen LogP contribution in [0.3, 0.4) is 0 Å². The number of nitrogens with one attached hydrogen (secondary N) is 1. The third-order valence-electron chi connectivity index (χ3n) is 2.40. The van der Waals surface area contributed by atoms with E-state index in [1.165, 1.54) is 0 Å². The summed E-state index contributed by atoms with van der Waals surface area (Å²) in [6, 6.07) is 2.28. The summed E-state index contributed by atoms with van der Waals surface area (Å²) in [7, 11) is 0. The molecule has 1 heterocycles. The van der Waals surface area contributed by atoms with Crippen molar-refractivity contribution in [3.63, 3.8) is 0 Å². The van der Waals surface area contributed by atoms with Gasteiger partial charge >= 0.3 is 0 Å². The van der Waals surface area contributed by atoms with Crippen molar-refractivity contribution in [3.8, 4) is 6.07 Å². The second kappa shape index (κ2) is 4.97. The van der Waals surface area contributed by atoms with Gasteiger partial charge in [-0.3, -0.25) is 4.79 Å². The summed E-state index contributed by atoms with van der Waals surface area (Å²) in [5, 5.41) is 11.8. The maximum absolute atomic E-state index is 11.7. The number of hydrogen-bond acceptors (Lipinski definition) is 3. The van der Waals surface area contributed by atoms with Crippen molar-refractivity contribution < 1.29 is 4.79 Å². The summed E-state index contributed by atoms with van der Waals surface area (Å²) < 4.78 is 0. The summed E-state index contributed by atoms with van der Waals surface area (Å²) in [4.78, 5) is 13.5. The molecule has 0 radical (unpaired) electrons. The number of hydrogen-bond donors (Lipinski definition) is 1. The third-order valence-corrected chi connectivity index (χ3v) is 2.40. The molecule has 1 rings (SSSR count). The Morgan fingerprint density at radius 3 is 3.00 bits per heavy atom. The highest BCUT2D eigenvalue weighted by Gasteiger charge is 2.24. The Balaban J connectivity index is 2.48. The van der Waals surface area contributed by atoms with E-state index < -0.39 is 0 Å². The fourth-order valence-electron chi connectivity index (χ4n) is 1.64. The molecule has 0 saturated carbocycles. The Morgan fingerprint density at radius 1 is 1.71 bits per heavy atom. The average Bonchev–Trinajstić information content (AvgIpc) is 2.17. The Kier molecular flexibility index (Phi) is 3.90. The third kappa shape index (κ3) is 2.71. The van der Waals surface area contributed by atoms with Crippen LogP contribution in [0.15, 0.2) is 0 Å². The number of nitriles is 1. The molecule has 1 fully saturated rings. The van der Waals surface area contributed by atoms with Gasteiger partial charge in [-0.15, -0.1) is 0 Å². The van der Waals surface area contributed by atoms with Crippen LogP contribution < -0.4 is 5.32 Å². The van der Waals surface area contributed by atoms with Gasteiger partial charge in [0.05, 0.1) is 12.5 Å². The SMILES string of the molecule is CC(C)C(=O)N1CCN[C@@H](CC#N)C1. The first-order valence-electron chi connectivity index (χ1n) is 5.04. The van der Waals surface area contributed by atoms with Crippen molar-refractivity contribution in [1.82, 2.24) is 10.2 Å². The van der Waals surface area contributed by atoms with Gasteiger partial charge in [-0.2, -0.15) is 5.26 Å². The second-order valence-corrected chi connectivity index (χ2v) is 3.95. The lowest BCUT2D eigenvalue weighted by Gasteiger charge is -2.33. The molecule has 0 aromatic carbocycles. The topological polar surface area (TPSA) is 56.1 Å². The van der Waals surface area contributed by atoms with Crippen LogP contribution in [0.2, 0.25) is 0 Å². The van der Waals surface area contributed by atoms with Crippen molar-refractivity contribution >= 4 is 5.91 Å². The smallest absolute Gasteiger partial charge is 0.225 e. The Labute approximate surface area is 84.9 Å². The second-order valence-electron chi connectivity index (χ2n) is 3.95. The number of carbonyl (C=O) groups is 1. The van der Waals surface area contributed by atoms with E-state index in [9.17, 15) is 4.79 Å². The molecule has 14 heavy (non-hydrogen) atoms. The van der Waals surface area contributed by atoms with Gasteiger partial charge < -0.3 is 10.2 Å². The van der Waals surface area contributed by atoms with Crippen molar-refractivity contribution in [1.29, 1.82) is 5.26 Å². The number of piperazine rings is 1. The van der Waals surface area contributed by atoms with Gasteiger partial charge in [0.1, 0.15) is 0 Å². The molecule has 4 heteroatoms. The minimum absolute atomic E-state index is 0.0517. The number of carbonyl (C=O) groups excluding carboxylic acids is 1. The van der Waals surface area contributed by atoms with Gasteiger partial charge in [0, 0.05) is 31.6 Å². The number of rotatable bonds is 2. The molecule has 0 aromatic rings. The van der Waals surface area contributed by atoms with Crippen LogP contribution in [0.25, 0.3) is 0 Å². The first kappa shape index (κ1) is 11.0. The van der Waals surface area contributed by atoms with Gasteiger partial charge in [-0.1, -0.05) is 13.8 Å². The first-order valence-corrected chi connectivity index (χ1v) is 5.04. The molecule has 0 bridgehead atoms. The summed E-state index contributed by atoms with van der Waals surface area (Å²) >= 11 is 0. The maximum atomic E-state index is 11.7. The zero-order valence-corrected chi connectivity index (χ0v) is 8.79. The lowest BCUT2D eigenvalue weighted by Crippen LogP contribution is -2.53. The van der Waals surface area contributed by atoms with Gasteiger partial charge in [-0.05, 0) is 0 Å². The largest absolute Gasteiger partial charge is 0.340 e. The Morgan fingerprint density at radius 2 is 2.43 bits per heavy atom. The van der Waals surface area contributed by atoms with Crippen LogP contribution in [0.4, 0.5) is 0 Å². The lowest BCUT2D eigenvalue weighted by molar-refractivity contribution is -0.135. The monoisotopic (exact) mass is 195 g/mol. The van der Waals surface area contributed by atoms with E-state index in [0.717, 1.165) is 13.1 Å². The molecule has 0 spiro atoms. The summed E-state index contributed by atoms with van der Waals surface area (Å²) in [6.45, 7) is 6.04. The molecular formula is C10H17N3O. The predicted molar refractivity (Wildman–Crippen MR) is 53.4 cm³/mol. The highest BCUT2D eigenvalue weighted by molar-refractivity contribution is 5.78. The molecule has 0 unspecified atom stereocenters. The van der Waals surface area contributed by atoms with Crippen LogP contribution in [0.5, 0.6) is 0 Å². The lowest BCUT2D eigenvalue weighted by atomic mass is 10.1. The quantitative estimate of drug-likeness (QED) is 0.692. The van der Waals surface area contributed by atoms with E-state index in [4.69, 9.17) is 5.26 Å². The van der Waals surface area contributed by atoms with Crippen molar-refractivity contribution in [2.24, 2.45) is 5.92 Å². The van der Waals surface area contributed by atoms with Crippen molar-refractivity contribution in [2.75, 3.05) is 19.6 Å². The minimum Gasteiger partial charge on any atom is -0.340 e. The van der Waals surface area contributed by atoms with E-state index >= 15 is 0 Å². The Hall–Kier alpha value is -1.08. The fraction of sp³-hybridized carbons (Fsp3) is 0.800. The molecule has 1 amide bonds. The number of amides is 1. The average molecular weight is 195 g/mol.